The zero-order chi connectivity index (χ0) is 16.5. The number of nitrogens with one attached hydrogen (secondary N) is 1. The molecule has 0 saturated carbocycles. The van der Waals surface area contributed by atoms with Gasteiger partial charge >= 0.3 is 5.97 Å². The minimum Gasteiger partial charge on any atom is -0.497 e. The lowest BCUT2D eigenvalue weighted by molar-refractivity contribution is -0.149. The summed E-state index contributed by atoms with van der Waals surface area (Å²) in [6.45, 7) is -0.634. The van der Waals surface area contributed by atoms with Crippen LogP contribution in [0.1, 0.15) is 0 Å². The molecule has 0 unspecified atom stereocenters. The number of rotatable bonds is 7. The zero-order valence-corrected chi connectivity index (χ0v) is 12.7. The summed E-state index contributed by atoms with van der Waals surface area (Å²) in [5.74, 6) is 0.173. The number of amides is 1. The normalized spacial score (nSPS) is 9.78. The lowest BCUT2D eigenvalue weighted by Crippen LogP contribution is -2.23. The van der Waals surface area contributed by atoms with Crippen LogP contribution in [0.15, 0.2) is 54.6 Å². The van der Waals surface area contributed by atoms with Crippen molar-refractivity contribution in [2.24, 2.45) is 0 Å². The van der Waals surface area contributed by atoms with Crippen molar-refractivity contribution in [1.29, 1.82) is 0 Å². The van der Waals surface area contributed by atoms with E-state index < -0.39 is 11.9 Å². The number of hydrogen-bond donors (Lipinski definition) is 1. The van der Waals surface area contributed by atoms with E-state index >= 15 is 0 Å². The molecule has 0 spiro atoms. The average Bonchev–Trinajstić information content (AvgIpc) is 2.59. The number of anilines is 1. The van der Waals surface area contributed by atoms with Gasteiger partial charge in [-0.05, 0) is 36.4 Å². The van der Waals surface area contributed by atoms with Crippen molar-refractivity contribution < 1.29 is 23.8 Å². The third kappa shape index (κ3) is 5.70. The Balaban J connectivity index is 1.69. The molecule has 6 heteroatoms. The summed E-state index contributed by atoms with van der Waals surface area (Å²) in [6.07, 6.45) is 0. The van der Waals surface area contributed by atoms with Crippen LogP contribution < -0.4 is 14.8 Å². The molecule has 0 saturated heterocycles. The number of hydrogen-bond acceptors (Lipinski definition) is 5. The summed E-state index contributed by atoms with van der Waals surface area (Å²) < 4.78 is 15.1. The second kappa shape index (κ2) is 8.43. The van der Waals surface area contributed by atoms with Crippen molar-refractivity contribution in [1.82, 2.24) is 0 Å². The first kappa shape index (κ1) is 16.4. The third-order valence-corrected chi connectivity index (χ3v) is 2.84. The monoisotopic (exact) mass is 315 g/mol. The molecule has 0 radical (unpaired) electrons. The molecule has 1 N–H and O–H groups in total. The maximum atomic E-state index is 11.6. The van der Waals surface area contributed by atoms with Crippen molar-refractivity contribution >= 4 is 17.6 Å². The lowest BCUT2D eigenvalue weighted by atomic mass is 10.3. The topological polar surface area (TPSA) is 73.9 Å². The van der Waals surface area contributed by atoms with Crippen LogP contribution >= 0.6 is 0 Å². The highest BCUT2D eigenvalue weighted by Gasteiger charge is 2.08. The minimum absolute atomic E-state index is 0.273. The number of para-hydroxylation sites is 1. The van der Waals surface area contributed by atoms with E-state index in [1.807, 2.05) is 6.07 Å². The van der Waals surface area contributed by atoms with Crippen LogP contribution in [0.25, 0.3) is 0 Å². The van der Waals surface area contributed by atoms with Gasteiger partial charge in [0.05, 0.1) is 7.11 Å². The second-order valence-electron chi connectivity index (χ2n) is 4.54. The second-order valence-corrected chi connectivity index (χ2v) is 4.54. The highest BCUT2D eigenvalue weighted by molar-refractivity contribution is 5.92. The number of methoxy groups -OCH3 is 1. The van der Waals surface area contributed by atoms with Gasteiger partial charge in [0.1, 0.15) is 11.5 Å². The van der Waals surface area contributed by atoms with Gasteiger partial charge in [-0.1, -0.05) is 18.2 Å². The fourth-order valence-electron chi connectivity index (χ4n) is 1.72. The van der Waals surface area contributed by atoms with Crippen LogP contribution in [0.3, 0.4) is 0 Å². The molecule has 2 aromatic carbocycles. The van der Waals surface area contributed by atoms with Crippen LogP contribution in [0, 0.1) is 0 Å². The van der Waals surface area contributed by atoms with Gasteiger partial charge < -0.3 is 19.5 Å². The van der Waals surface area contributed by atoms with Crippen LogP contribution in [0.4, 0.5) is 5.69 Å². The van der Waals surface area contributed by atoms with E-state index in [0.29, 0.717) is 17.2 Å². The third-order valence-electron chi connectivity index (χ3n) is 2.84. The predicted molar refractivity (Wildman–Crippen MR) is 84.5 cm³/mol. The van der Waals surface area contributed by atoms with Gasteiger partial charge in [0, 0.05) is 5.69 Å². The molecule has 2 aromatic rings. The molecule has 0 atom stereocenters. The van der Waals surface area contributed by atoms with Crippen LogP contribution in [-0.4, -0.2) is 32.2 Å². The fraction of sp³-hybridized carbons (Fsp3) is 0.176. The largest absolute Gasteiger partial charge is 0.497 e. The summed E-state index contributed by atoms with van der Waals surface area (Å²) in [6, 6.07) is 15.7. The molecule has 0 heterocycles. The molecule has 0 aliphatic heterocycles. The van der Waals surface area contributed by atoms with Gasteiger partial charge in [-0.2, -0.15) is 0 Å². The van der Waals surface area contributed by atoms with Crippen molar-refractivity contribution in [3.8, 4) is 11.5 Å². The molecular formula is C17H17NO5. The molecule has 0 fully saturated rings. The maximum Gasteiger partial charge on any atom is 0.344 e. The van der Waals surface area contributed by atoms with E-state index in [-0.39, 0.29) is 13.2 Å². The molecule has 0 aliphatic carbocycles. The Kier molecular flexibility index (Phi) is 5.99. The first-order valence-electron chi connectivity index (χ1n) is 6.95. The van der Waals surface area contributed by atoms with Gasteiger partial charge in [-0.15, -0.1) is 0 Å². The van der Waals surface area contributed by atoms with Gasteiger partial charge in [0.25, 0.3) is 5.91 Å². The molecule has 1 amide bonds. The highest BCUT2D eigenvalue weighted by atomic mass is 16.6. The molecular weight excluding hydrogens is 298 g/mol. The van der Waals surface area contributed by atoms with Crippen LogP contribution in [0.5, 0.6) is 11.5 Å². The van der Waals surface area contributed by atoms with Crippen molar-refractivity contribution in [2.75, 3.05) is 25.6 Å². The molecule has 0 aliphatic rings. The highest BCUT2D eigenvalue weighted by Crippen LogP contribution is 2.16. The van der Waals surface area contributed by atoms with Gasteiger partial charge in [0.2, 0.25) is 0 Å². The molecule has 2 rings (SSSR count). The quantitative estimate of drug-likeness (QED) is 0.793. The van der Waals surface area contributed by atoms with E-state index in [1.54, 1.807) is 55.6 Å². The maximum absolute atomic E-state index is 11.6. The Labute approximate surface area is 134 Å². The molecule has 0 bridgehead atoms. The standard InChI is InChI=1S/C17H17NO5/c1-21-14-7-9-15(10-8-14)22-12-17(20)23-11-16(19)18-13-5-3-2-4-6-13/h2-10H,11-12H2,1H3,(H,18,19). The Morgan fingerprint density at radius 2 is 1.57 bits per heavy atom. The predicted octanol–water partition coefficient (Wildman–Crippen LogP) is 2.26. The van der Waals surface area contributed by atoms with E-state index in [2.05, 4.69) is 5.32 Å². The van der Waals surface area contributed by atoms with E-state index in [4.69, 9.17) is 14.2 Å². The first-order valence-corrected chi connectivity index (χ1v) is 6.95. The summed E-state index contributed by atoms with van der Waals surface area (Å²) in [4.78, 5) is 23.2. The molecule has 23 heavy (non-hydrogen) atoms. The lowest BCUT2D eigenvalue weighted by Gasteiger charge is -2.08. The smallest absolute Gasteiger partial charge is 0.344 e. The van der Waals surface area contributed by atoms with E-state index in [0.717, 1.165) is 0 Å². The Morgan fingerprint density at radius 3 is 2.22 bits per heavy atom. The summed E-state index contributed by atoms with van der Waals surface area (Å²) in [5.41, 5.74) is 0.642. The Bertz CT molecular complexity index is 640. The van der Waals surface area contributed by atoms with Gasteiger partial charge in [0.15, 0.2) is 13.2 Å². The Hall–Kier alpha value is -3.02. The van der Waals surface area contributed by atoms with Crippen molar-refractivity contribution in [2.45, 2.75) is 0 Å². The summed E-state index contributed by atoms with van der Waals surface area (Å²) >= 11 is 0. The fourth-order valence-corrected chi connectivity index (χ4v) is 1.72. The molecule has 0 aromatic heterocycles. The summed E-state index contributed by atoms with van der Waals surface area (Å²) in [7, 11) is 1.56. The molecule has 6 nitrogen and oxygen atoms in total. The van der Waals surface area contributed by atoms with Crippen LogP contribution in [0.2, 0.25) is 0 Å². The average molecular weight is 315 g/mol. The SMILES string of the molecule is COc1ccc(OCC(=O)OCC(=O)Nc2ccccc2)cc1. The van der Waals surface area contributed by atoms with E-state index in [9.17, 15) is 9.59 Å². The van der Waals surface area contributed by atoms with Gasteiger partial charge in [-0.3, -0.25) is 4.79 Å². The van der Waals surface area contributed by atoms with E-state index in [1.165, 1.54) is 0 Å². The summed E-state index contributed by atoms with van der Waals surface area (Å²) in [5, 5.41) is 2.61. The number of esters is 1. The van der Waals surface area contributed by atoms with Gasteiger partial charge in [-0.25, -0.2) is 4.79 Å². The number of ether oxygens (including phenoxy) is 3. The van der Waals surface area contributed by atoms with Crippen LogP contribution in [-0.2, 0) is 14.3 Å². The van der Waals surface area contributed by atoms with Crippen molar-refractivity contribution in [3.05, 3.63) is 54.6 Å². The minimum atomic E-state index is -0.621. The first-order chi connectivity index (χ1) is 11.2. The Morgan fingerprint density at radius 1 is 0.913 bits per heavy atom. The number of benzene rings is 2. The molecule has 120 valence electrons. The number of carbonyl (C=O) groups excluding carboxylic acids is 2. The zero-order valence-electron chi connectivity index (χ0n) is 12.7. The number of carbonyl (C=O) groups is 2. The van der Waals surface area contributed by atoms with Crippen molar-refractivity contribution in [3.63, 3.8) is 0 Å².